The molecule has 3 aromatic rings. The van der Waals surface area contributed by atoms with Crippen molar-refractivity contribution in [3.63, 3.8) is 0 Å². The van der Waals surface area contributed by atoms with Gasteiger partial charge < -0.3 is 28.8 Å². The Kier molecular flexibility index (Phi) is 23.4. The van der Waals surface area contributed by atoms with E-state index in [-0.39, 0.29) is 211 Å². The van der Waals surface area contributed by atoms with Crippen LogP contribution in [0.2, 0.25) is 0 Å². The molecule has 0 radical (unpaired) electrons. The average molecular weight is 969 g/mol. The number of likely N-dealkylation sites (N-methyl/N-ethyl adjacent to an activating group) is 1. The van der Waals surface area contributed by atoms with Crippen LogP contribution in [0.4, 0.5) is 11.4 Å². The van der Waals surface area contributed by atoms with E-state index in [0.29, 0.717) is 41.4 Å². The number of hydrogen-bond donors (Lipinski definition) is 3. The Labute approximate surface area is 494 Å². The Bertz CT molecular complexity index is 2750. The molecule has 2 aromatic carbocycles. The van der Waals surface area contributed by atoms with Crippen LogP contribution in [0, 0.1) is 0 Å². The maximum Gasteiger partial charge on any atom is 1.00 e. The number of carbonyl (C=O) groups is 3. The zero-order chi connectivity index (χ0) is 39.8. The number of hydrogen-bond acceptors (Lipinski definition) is 17. The van der Waals surface area contributed by atoms with E-state index in [1.165, 1.54) is 13.1 Å². The fraction of sp³-hybridized carbons (Fsp3) is 0.0741. The second-order valence-corrected chi connectivity index (χ2v) is 15.9. The Morgan fingerprint density at radius 2 is 1.14 bits per heavy atom. The van der Waals surface area contributed by atoms with E-state index in [9.17, 15) is 71.1 Å². The Morgan fingerprint density at radius 1 is 0.684 bits per heavy atom. The van der Waals surface area contributed by atoms with Gasteiger partial charge >= 0.3 is 206 Å². The number of nitrogens with zero attached hydrogens (tertiary/aromatic N) is 3. The standard InChI is InChI=1S/C27H24N6O16S4.4K/c1-32-26(36)16(22(30-32)24(34)28-18-12-14(50(38,39)40)8-10-20(18)52(44,45)46)6-4-3-5-7-17-23(31-33(2)27(17)37)25(35)29-19-13-15(51(41,42)43)9-11-21(19)53(47,48)49;;;;/h3-13,30H,1-2H3,(H,28,34)(H,29,35)(H,38,39,40)(H,41,42,43)(H,44,45,46)(H,47,48,49);;;;/q;4*+1/p-4/b5-3-,6-4-,17-7-;;;;. The van der Waals surface area contributed by atoms with Crippen LogP contribution in [0.1, 0.15) is 16.1 Å². The molecular weight excluding hydrogens is 949 g/mol. The van der Waals surface area contributed by atoms with Crippen LogP contribution in [0.3, 0.4) is 0 Å². The van der Waals surface area contributed by atoms with Crippen molar-refractivity contribution in [3.8, 4) is 0 Å². The molecule has 0 atom stereocenters. The number of benzene rings is 2. The van der Waals surface area contributed by atoms with Gasteiger partial charge in [-0.25, -0.2) is 38.7 Å². The summed E-state index contributed by atoms with van der Waals surface area (Å²) in [4.78, 5) is 47.4. The van der Waals surface area contributed by atoms with Crippen molar-refractivity contribution >= 4 is 81.4 Å². The number of nitrogens with one attached hydrogen (secondary N) is 3. The molecule has 4 rings (SSSR count). The van der Waals surface area contributed by atoms with E-state index in [1.54, 1.807) is 0 Å². The SMILES string of the molecule is CN1N=C(C(=O)Nc2cc(S(=O)(=O)[O-])ccc2S(=O)(=O)[O-])/C(=C/C=C\C=C/c2c(C(=O)Nc3cc(S(=O)(=O)[O-])ccc3S(=O)(=O)[O-])[nH]n(C)c2=O)C1=O.[K+].[K+].[K+].[K+]. The largest absolute Gasteiger partial charge is 1.00 e. The molecule has 0 fully saturated rings. The fourth-order valence-corrected chi connectivity index (χ4v) is 6.65. The Morgan fingerprint density at radius 3 is 1.58 bits per heavy atom. The molecular formula is C27H20K4N6O16S4. The minimum atomic E-state index is -5.32. The summed E-state index contributed by atoms with van der Waals surface area (Å²) in [5, 5.41) is 10.7. The number of amides is 3. The van der Waals surface area contributed by atoms with E-state index < -0.39 is 112 Å². The summed E-state index contributed by atoms with van der Waals surface area (Å²) in [5.41, 5.74) is -4.57. The van der Waals surface area contributed by atoms with Crippen LogP contribution in [0.15, 0.2) is 95.8 Å². The normalized spacial score (nSPS) is 14.0. The minimum absolute atomic E-state index is 0. The van der Waals surface area contributed by atoms with Gasteiger partial charge in [-0.3, -0.25) is 29.0 Å². The van der Waals surface area contributed by atoms with E-state index in [0.717, 1.165) is 36.0 Å². The predicted molar refractivity (Wildman–Crippen MR) is 174 cm³/mol. The molecule has 30 heteroatoms. The van der Waals surface area contributed by atoms with Crippen LogP contribution in [-0.2, 0) is 57.1 Å². The zero-order valence-corrected chi connectivity index (χ0v) is 46.1. The van der Waals surface area contributed by atoms with Gasteiger partial charge in [-0.1, -0.05) is 18.2 Å². The maximum absolute atomic E-state index is 13.1. The monoisotopic (exact) mass is 968 g/mol. The van der Waals surface area contributed by atoms with E-state index in [2.05, 4.69) is 10.2 Å². The van der Waals surface area contributed by atoms with Gasteiger partial charge in [0.25, 0.3) is 23.3 Å². The molecule has 3 N–H and O–H groups in total. The summed E-state index contributed by atoms with van der Waals surface area (Å²) in [5.74, 6) is -3.43. The van der Waals surface area contributed by atoms with Gasteiger partial charge in [0, 0.05) is 14.1 Å². The summed E-state index contributed by atoms with van der Waals surface area (Å²) in [6, 6.07) is 2.94. The van der Waals surface area contributed by atoms with Crippen LogP contribution in [0.5, 0.6) is 0 Å². The molecule has 0 bridgehead atoms. The first-order chi connectivity index (χ1) is 24.3. The molecule has 282 valence electrons. The fourth-order valence-electron chi connectivity index (χ4n) is 4.43. The summed E-state index contributed by atoms with van der Waals surface area (Å²) >= 11 is 0. The van der Waals surface area contributed by atoms with Crippen molar-refractivity contribution in [2.75, 3.05) is 17.7 Å². The quantitative estimate of drug-likeness (QED) is 0.0695. The number of aromatic amines is 1. The predicted octanol–water partition coefficient (Wildman–Crippen LogP) is -13.4. The first kappa shape index (κ1) is 57.9. The Balaban J connectivity index is 0.00000784. The molecule has 3 amide bonds. The number of aromatic nitrogens is 2. The number of H-pyrrole nitrogens is 1. The molecule has 0 spiro atoms. The van der Waals surface area contributed by atoms with Gasteiger partial charge in [0.05, 0.1) is 42.1 Å². The van der Waals surface area contributed by atoms with Crippen LogP contribution >= 0.6 is 0 Å². The number of allylic oxidation sites excluding steroid dienone is 4. The first-order valence-electron chi connectivity index (χ1n) is 13.8. The summed E-state index contributed by atoms with van der Waals surface area (Å²) in [7, 11) is -18.6. The van der Waals surface area contributed by atoms with Crippen LogP contribution in [-0.4, -0.2) is 97.2 Å². The van der Waals surface area contributed by atoms with Crippen molar-refractivity contribution < 1.29 is 272 Å². The van der Waals surface area contributed by atoms with E-state index in [1.807, 2.05) is 10.6 Å². The average Bonchev–Trinajstić information content (AvgIpc) is 3.48. The molecule has 1 aliphatic rings. The molecule has 2 heterocycles. The third kappa shape index (κ3) is 15.0. The van der Waals surface area contributed by atoms with Crippen LogP contribution in [0.25, 0.3) is 6.08 Å². The van der Waals surface area contributed by atoms with E-state index >= 15 is 0 Å². The smallest absolute Gasteiger partial charge is 0.744 e. The second kappa shape index (κ2) is 23.0. The van der Waals surface area contributed by atoms with Gasteiger partial charge in [-0.2, -0.15) is 5.10 Å². The molecule has 0 unspecified atom stereocenters. The molecule has 22 nitrogen and oxygen atoms in total. The summed E-state index contributed by atoms with van der Waals surface area (Å²) in [6.07, 6.45) is 5.55. The molecule has 1 aliphatic heterocycles. The van der Waals surface area contributed by atoms with E-state index in [4.69, 9.17) is 0 Å². The molecule has 0 aliphatic carbocycles. The van der Waals surface area contributed by atoms with Crippen molar-refractivity contribution in [2.24, 2.45) is 12.1 Å². The number of rotatable bonds is 11. The number of hydrazone groups is 1. The van der Waals surface area contributed by atoms with Gasteiger partial charge in [-0.15, -0.1) is 0 Å². The topological polar surface area (TPSA) is 357 Å². The van der Waals surface area contributed by atoms with Crippen molar-refractivity contribution in [3.05, 3.63) is 87.9 Å². The van der Waals surface area contributed by atoms with Crippen molar-refractivity contribution in [2.45, 2.75) is 19.6 Å². The van der Waals surface area contributed by atoms with Crippen molar-refractivity contribution in [1.82, 2.24) is 14.8 Å². The maximum atomic E-state index is 13.1. The van der Waals surface area contributed by atoms with Gasteiger partial charge in [0.2, 0.25) is 0 Å². The number of anilines is 2. The molecule has 0 saturated carbocycles. The third-order valence-electron chi connectivity index (χ3n) is 6.82. The van der Waals surface area contributed by atoms with Gasteiger partial charge in [0.15, 0.2) is 5.71 Å². The third-order valence-corrected chi connectivity index (χ3v) is 10.3. The van der Waals surface area contributed by atoms with Crippen molar-refractivity contribution in [1.29, 1.82) is 0 Å². The minimum Gasteiger partial charge on any atom is -0.744 e. The van der Waals surface area contributed by atoms with Gasteiger partial charge in [-0.05, 0) is 48.6 Å². The molecule has 0 saturated heterocycles. The van der Waals surface area contributed by atoms with Crippen LogP contribution < -0.4 is 222 Å². The van der Waals surface area contributed by atoms with Gasteiger partial charge in [0.1, 0.15) is 46.2 Å². The zero-order valence-electron chi connectivity index (χ0n) is 30.4. The number of carbonyl (C=O) groups excluding carboxylic acids is 3. The number of aryl methyl sites for hydroxylation is 1. The summed E-state index contributed by atoms with van der Waals surface area (Å²) in [6.45, 7) is 0. The molecule has 1 aromatic heterocycles. The Hall–Kier alpha value is 0.935. The summed E-state index contributed by atoms with van der Waals surface area (Å²) < 4.78 is 140. The second-order valence-electron chi connectivity index (χ2n) is 10.4. The first-order valence-corrected chi connectivity index (χ1v) is 19.4. The molecule has 57 heavy (non-hydrogen) atoms.